The number of hydrogen-bond donors (Lipinski definition) is 0. The molecule has 0 bridgehead atoms. The molecule has 1 aliphatic rings. The molecule has 1 unspecified atom stereocenters. The molecule has 0 aliphatic carbocycles. The fourth-order valence-corrected chi connectivity index (χ4v) is 3.46. The predicted molar refractivity (Wildman–Crippen MR) is 54.5 cm³/mol. The van der Waals surface area contributed by atoms with Crippen LogP contribution in [0.5, 0.6) is 0 Å². The molecule has 1 atom stereocenters. The third-order valence-corrected chi connectivity index (χ3v) is 5.54. The van der Waals surface area contributed by atoms with Gasteiger partial charge in [-0.25, -0.2) is 8.42 Å². The number of nitrogens with zero attached hydrogens (tertiary/aromatic N) is 2. The Labute approximate surface area is 85.4 Å². The van der Waals surface area contributed by atoms with Gasteiger partial charge < -0.3 is 4.90 Å². The van der Waals surface area contributed by atoms with Crippen molar-refractivity contribution in [2.45, 2.75) is 30.3 Å². The fourth-order valence-electron chi connectivity index (χ4n) is 1.63. The smallest absolute Gasteiger partial charge is 0.172 e. The van der Waals surface area contributed by atoms with E-state index in [1.807, 2.05) is 18.0 Å². The molecule has 0 amide bonds. The van der Waals surface area contributed by atoms with Crippen LogP contribution in [-0.2, 0) is 9.84 Å². The fraction of sp³-hybridized carbons (Fsp3) is 0.889. The molecule has 1 heterocycles. The van der Waals surface area contributed by atoms with E-state index in [-0.39, 0.29) is 5.25 Å². The van der Waals surface area contributed by atoms with Crippen LogP contribution >= 0.6 is 0 Å². The summed E-state index contributed by atoms with van der Waals surface area (Å²) >= 11 is 0. The van der Waals surface area contributed by atoms with E-state index in [0.717, 1.165) is 6.54 Å². The third-order valence-electron chi connectivity index (χ3n) is 2.77. The highest BCUT2D eigenvalue weighted by molar-refractivity contribution is 7.93. The molecule has 14 heavy (non-hydrogen) atoms. The average molecular weight is 216 g/mol. The molecule has 1 rings (SSSR count). The molecular formula is C9H16N2O2S. The minimum absolute atomic E-state index is 0.373. The molecule has 5 heteroatoms. The van der Waals surface area contributed by atoms with Gasteiger partial charge in [0.2, 0.25) is 0 Å². The molecular weight excluding hydrogens is 200 g/mol. The van der Waals surface area contributed by atoms with E-state index in [0.29, 0.717) is 13.0 Å². The van der Waals surface area contributed by atoms with Gasteiger partial charge in [-0.15, -0.1) is 0 Å². The zero-order valence-electron chi connectivity index (χ0n) is 8.82. The zero-order chi connectivity index (χ0) is 11.0. The quantitative estimate of drug-likeness (QED) is 0.670. The number of sulfone groups is 1. The highest BCUT2D eigenvalue weighted by Crippen LogP contribution is 2.26. The van der Waals surface area contributed by atoms with Gasteiger partial charge >= 0.3 is 0 Å². The van der Waals surface area contributed by atoms with E-state index < -0.39 is 14.6 Å². The molecule has 1 fully saturated rings. The maximum Gasteiger partial charge on any atom is 0.172 e. The van der Waals surface area contributed by atoms with Crippen molar-refractivity contribution in [2.24, 2.45) is 0 Å². The van der Waals surface area contributed by atoms with Crippen molar-refractivity contribution < 1.29 is 8.42 Å². The Hall–Kier alpha value is -0.600. The van der Waals surface area contributed by atoms with Crippen LogP contribution in [0.4, 0.5) is 0 Å². The lowest BCUT2D eigenvalue weighted by Gasteiger charge is -2.21. The maximum absolute atomic E-state index is 12.0. The summed E-state index contributed by atoms with van der Waals surface area (Å²) in [4.78, 5) is 1.98. The number of hydrogen-bond acceptors (Lipinski definition) is 4. The molecule has 0 aromatic carbocycles. The van der Waals surface area contributed by atoms with Crippen LogP contribution in [0.1, 0.15) is 20.3 Å². The lowest BCUT2D eigenvalue weighted by atomic mass is 10.2. The van der Waals surface area contributed by atoms with Gasteiger partial charge in [0.25, 0.3) is 0 Å². The van der Waals surface area contributed by atoms with Gasteiger partial charge in [-0.3, -0.25) is 0 Å². The normalized spacial score (nSPS) is 24.9. The van der Waals surface area contributed by atoms with E-state index in [4.69, 9.17) is 5.26 Å². The van der Waals surface area contributed by atoms with Gasteiger partial charge in [-0.2, -0.15) is 5.26 Å². The Morgan fingerprint density at radius 1 is 1.50 bits per heavy atom. The standard InChI is InChI=1S/C9H16N2O2S/c1-9(2,7-10)14(12,13)8-4-5-11(3)6-8/h8H,4-6H2,1-3H3. The molecule has 0 aromatic rings. The summed E-state index contributed by atoms with van der Waals surface area (Å²) in [6.45, 7) is 4.29. The van der Waals surface area contributed by atoms with Gasteiger partial charge in [-0.1, -0.05) is 0 Å². The largest absolute Gasteiger partial charge is 0.305 e. The highest BCUT2D eigenvalue weighted by atomic mass is 32.2. The molecule has 0 aromatic heterocycles. The Balaban J connectivity index is 2.93. The second kappa shape index (κ2) is 3.52. The van der Waals surface area contributed by atoms with Crippen molar-refractivity contribution in [3.8, 4) is 6.07 Å². The van der Waals surface area contributed by atoms with Crippen LogP contribution in [-0.4, -0.2) is 43.5 Å². The van der Waals surface area contributed by atoms with Crippen LogP contribution in [0.25, 0.3) is 0 Å². The van der Waals surface area contributed by atoms with Gasteiger partial charge in [-0.05, 0) is 33.9 Å². The highest BCUT2D eigenvalue weighted by Gasteiger charge is 2.43. The average Bonchev–Trinajstić information content (AvgIpc) is 2.52. The first-order valence-electron chi connectivity index (χ1n) is 4.64. The zero-order valence-corrected chi connectivity index (χ0v) is 9.63. The summed E-state index contributed by atoms with van der Waals surface area (Å²) in [5.74, 6) is 0. The third kappa shape index (κ3) is 1.77. The molecule has 0 saturated carbocycles. The summed E-state index contributed by atoms with van der Waals surface area (Å²) in [7, 11) is -1.43. The molecule has 0 N–H and O–H groups in total. The summed E-state index contributed by atoms with van der Waals surface area (Å²) in [6.07, 6.45) is 0.643. The molecule has 1 aliphatic heterocycles. The second-order valence-corrected chi connectivity index (χ2v) is 7.12. The van der Waals surface area contributed by atoms with Gasteiger partial charge in [0.15, 0.2) is 14.6 Å². The predicted octanol–water partition coefficient (Wildman–Crippen LogP) is 0.407. The minimum atomic E-state index is -3.32. The first-order valence-corrected chi connectivity index (χ1v) is 6.19. The van der Waals surface area contributed by atoms with E-state index in [1.165, 1.54) is 13.8 Å². The van der Waals surface area contributed by atoms with Gasteiger partial charge in [0.1, 0.15) is 0 Å². The topological polar surface area (TPSA) is 61.2 Å². The van der Waals surface area contributed by atoms with Crippen molar-refractivity contribution >= 4 is 9.84 Å². The van der Waals surface area contributed by atoms with E-state index in [9.17, 15) is 8.42 Å². The number of nitriles is 1. The Kier molecular flexibility index (Phi) is 2.88. The van der Waals surface area contributed by atoms with Crippen molar-refractivity contribution in [1.29, 1.82) is 5.26 Å². The molecule has 1 saturated heterocycles. The molecule has 0 radical (unpaired) electrons. The van der Waals surface area contributed by atoms with E-state index in [2.05, 4.69) is 0 Å². The monoisotopic (exact) mass is 216 g/mol. The SMILES string of the molecule is CN1CCC(S(=O)(=O)C(C)(C)C#N)C1. The van der Waals surface area contributed by atoms with Crippen molar-refractivity contribution in [1.82, 2.24) is 4.90 Å². The Morgan fingerprint density at radius 3 is 2.43 bits per heavy atom. The molecule has 80 valence electrons. The van der Waals surface area contributed by atoms with Crippen molar-refractivity contribution in [2.75, 3.05) is 20.1 Å². The van der Waals surface area contributed by atoms with E-state index in [1.54, 1.807) is 0 Å². The lowest BCUT2D eigenvalue weighted by Crippen LogP contribution is -2.39. The first-order chi connectivity index (χ1) is 6.31. The summed E-state index contributed by atoms with van der Waals surface area (Å²) in [6, 6.07) is 1.87. The summed E-state index contributed by atoms with van der Waals surface area (Å²) < 4.78 is 22.7. The Morgan fingerprint density at radius 2 is 2.07 bits per heavy atom. The van der Waals surface area contributed by atoms with Crippen LogP contribution in [0.3, 0.4) is 0 Å². The summed E-state index contributed by atoms with van der Waals surface area (Å²) in [5.41, 5.74) is 0. The van der Waals surface area contributed by atoms with E-state index >= 15 is 0 Å². The lowest BCUT2D eigenvalue weighted by molar-refractivity contribution is 0.416. The number of likely N-dealkylation sites (tertiary alicyclic amines) is 1. The Bertz CT molecular complexity index is 353. The van der Waals surface area contributed by atoms with Crippen LogP contribution in [0, 0.1) is 11.3 Å². The first kappa shape index (κ1) is 11.5. The van der Waals surface area contributed by atoms with Crippen LogP contribution in [0.2, 0.25) is 0 Å². The van der Waals surface area contributed by atoms with Gasteiger partial charge in [0, 0.05) is 6.54 Å². The van der Waals surface area contributed by atoms with Gasteiger partial charge in [0.05, 0.1) is 11.3 Å². The molecule has 4 nitrogen and oxygen atoms in total. The minimum Gasteiger partial charge on any atom is -0.305 e. The van der Waals surface area contributed by atoms with Crippen LogP contribution < -0.4 is 0 Å². The van der Waals surface area contributed by atoms with Crippen molar-refractivity contribution in [3.05, 3.63) is 0 Å². The summed E-state index contributed by atoms with van der Waals surface area (Å²) in [5, 5.41) is 8.44. The molecule has 0 spiro atoms. The van der Waals surface area contributed by atoms with Crippen LogP contribution in [0.15, 0.2) is 0 Å². The van der Waals surface area contributed by atoms with Crippen molar-refractivity contribution in [3.63, 3.8) is 0 Å². The maximum atomic E-state index is 12.0. The number of rotatable bonds is 2. The second-order valence-electron chi connectivity index (χ2n) is 4.34.